The first kappa shape index (κ1) is 30.3. The van der Waals surface area contributed by atoms with Crippen LogP contribution in [-0.2, 0) is 4.74 Å². The first-order valence-corrected chi connectivity index (χ1v) is 14.1. The molecule has 0 aromatic carbocycles. The predicted molar refractivity (Wildman–Crippen MR) is 162 cm³/mol. The smallest absolute Gasteiger partial charge is 0.243 e. The molecule has 198 valence electrons. The second kappa shape index (κ2) is 16.0. The van der Waals surface area contributed by atoms with Crippen molar-refractivity contribution < 1.29 is 9.47 Å². The van der Waals surface area contributed by atoms with Gasteiger partial charge in [0.15, 0.2) is 17.0 Å². The van der Waals surface area contributed by atoms with Crippen molar-refractivity contribution in [2.24, 2.45) is 0 Å². The normalized spacial score (nSPS) is 15.6. The largest absolute Gasteiger partial charge is 0.473 e. The minimum absolute atomic E-state index is 0.265. The molecule has 6 rings (SSSR count). The summed E-state index contributed by atoms with van der Waals surface area (Å²) in [4.78, 5) is 31.1. The molecule has 38 heavy (non-hydrogen) atoms. The predicted octanol–water partition coefficient (Wildman–Crippen LogP) is 4.55. The maximum Gasteiger partial charge on any atom is 0.243 e. The van der Waals surface area contributed by atoms with Gasteiger partial charge >= 0.3 is 0 Å². The number of aryl methyl sites for hydroxylation is 3. The number of imidazole rings is 2. The zero-order valence-electron chi connectivity index (χ0n) is 22.6. The van der Waals surface area contributed by atoms with Crippen molar-refractivity contribution in [3.8, 4) is 5.88 Å². The Balaban J connectivity index is 0.000000164. The van der Waals surface area contributed by atoms with Gasteiger partial charge in [-0.25, -0.2) is 24.9 Å². The number of hydrogen-bond donors (Lipinski definition) is 2. The number of fused-ring (bicyclic) bond motifs is 2. The maximum absolute atomic E-state index is 5.97. The van der Waals surface area contributed by atoms with E-state index < -0.39 is 0 Å². The number of ether oxygens (including phenoxy) is 2. The van der Waals surface area contributed by atoms with E-state index >= 15 is 0 Å². The molecule has 0 unspecified atom stereocenters. The fourth-order valence-electron chi connectivity index (χ4n) is 4.41. The molecule has 2 fully saturated rings. The van der Waals surface area contributed by atoms with Gasteiger partial charge in [0.2, 0.25) is 5.88 Å². The first-order chi connectivity index (χ1) is 18.5. The topological polar surface area (TPSA) is 127 Å². The monoisotopic (exact) mass is 626 g/mol. The summed E-state index contributed by atoms with van der Waals surface area (Å²) in [6.07, 6.45) is 13.4. The minimum atomic E-state index is 0.265. The van der Waals surface area contributed by atoms with Crippen molar-refractivity contribution in [3.63, 3.8) is 0 Å². The van der Waals surface area contributed by atoms with Crippen LogP contribution in [0.2, 0.25) is 25.3 Å². The van der Waals surface area contributed by atoms with Crippen LogP contribution in [0.4, 0.5) is 0 Å². The number of aromatic amines is 2. The summed E-state index contributed by atoms with van der Waals surface area (Å²) in [5, 5.41) is 0. The third-order valence-corrected chi connectivity index (χ3v) is 6.33. The minimum Gasteiger partial charge on any atom is -0.473 e. The number of hydrogen-bond acceptors (Lipinski definition) is 8. The zero-order valence-corrected chi connectivity index (χ0v) is 24.7. The summed E-state index contributed by atoms with van der Waals surface area (Å²) >= 11 is 1.65. The molecule has 2 aliphatic heterocycles. The summed E-state index contributed by atoms with van der Waals surface area (Å²) in [6, 6.07) is 0. The Morgan fingerprint density at radius 3 is 1.82 bits per heavy atom. The lowest BCUT2D eigenvalue weighted by molar-refractivity contribution is 0.0931. The molecule has 0 atom stereocenters. The van der Waals surface area contributed by atoms with Gasteiger partial charge in [0.05, 0.1) is 30.6 Å². The Morgan fingerprint density at radius 2 is 1.26 bits per heavy atom. The van der Waals surface area contributed by atoms with Crippen LogP contribution in [-0.4, -0.2) is 79.5 Å². The van der Waals surface area contributed by atoms with E-state index in [1.54, 1.807) is 42.1 Å². The zero-order chi connectivity index (χ0) is 27.3. The number of nitrogens with one attached hydrogen (secondary N) is 2. The van der Waals surface area contributed by atoms with Gasteiger partial charge in [0.1, 0.15) is 37.2 Å². The summed E-state index contributed by atoms with van der Waals surface area (Å²) in [5.41, 5.74) is 8.56. The third kappa shape index (κ3) is 8.93. The van der Waals surface area contributed by atoms with Crippen molar-refractivity contribution in [2.45, 2.75) is 83.9 Å². The summed E-state index contributed by atoms with van der Waals surface area (Å²) < 4.78 is 11.1. The lowest BCUT2D eigenvalue weighted by Gasteiger charge is -2.22. The molecule has 0 spiro atoms. The quantitative estimate of drug-likeness (QED) is 0.251. The Bertz CT molecular complexity index is 1250. The molecule has 0 amide bonds. The summed E-state index contributed by atoms with van der Waals surface area (Å²) in [5.74, 6) is 2.10. The molecule has 4 aromatic heterocycles. The second-order valence-corrected chi connectivity index (χ2v) is 9.12. The standard InChI is InChI=1S/C11H14BN4O.C7H8N4.C6H12BO.BI/c1-7-15-10-9(13-6-14-10)11(16-7)17-8-2-4-12-5-3-8;1-4-6-7(9-3-8-6)11-5(2)10-4;1-8-6-2-4-7-5-3-6;1-2/h6,8H,2-5H2,1H3,(H,13,14,15,16);3H,1-2H3,(H,8,9,10,11);6H,2-5H2,1H3;. The SMILES string of the molecule is COC1CC[B]CC1.Cc1nc(C)c2[nH]cnc2n1.Cc1nc(OC2CC[B]CC2)c2[nH]cnc2n1.[B]I. The van der Waals surface area contributed by atoms with Crippen molar-refractivity contribution in [2.75, 3.05) is 7.11 Å². The fourth-order valence-corrected chi connectivity index (χ4v) is 4.41. The van der Waals surface area contributed by atoms with Gasteiger partial charge < -0.3 is 19.4 Å². The van der Waals surface area contributed by atoms with E-state index in [4.69, 9.17) is 9.47 Å². The van der Waals surface area contributed by atoms with E-state index in [2.05, 4.69) is 60.1 Å². The van der Waals surface area contributed by atoms with Crippen LogP contribution in [0.3, 0.4) is 0 Å². The van der Waals surface area contributed by atoms with E-state index in [9.17, 15) is 0 Å². The Hall–Kier alpha value is -2.22. The number of aromatic nitrogens is 8. The van der Waals surface area contributed by atoms with E-state index in [-0.39, 0.29) is 6.10 Å². The molecule has 4 aromatic rings. The molecule has 2 N–H and O–H groups in total. The molecule has 4 radical (unpaired) electrons. The van der Waals surface area contributed by atoms with E-state index in [1.807, 2.05) is 20.8 Å². The highest BCUT2D eigenvalue weighted by Crippen LogP contribution is 2.24. The van der Waals surface area contributed by atoms with Gasteiger partial charge in [-0.3, -0.25) is 0 Å². The third-order valence-electron chi connectivity index (χ3n) is 6.33. The number of nitrogens with zero attached hydrogens (tertiary/aromatic N) is 6. The number of rotatable bonds is 3. The molecule has 6 heterocycles. The molecular weight excluding hydrogens is 592 g/mol. The Labute approximate surface area is 240 Å². The molecule has 2 saturated heterocycles. The maximum atomic E-state index is 5.97. The van der Waals surface area contributed by atoms with Crippen LogP contribution in [0.1, 0.15) is 43.0 Å². The lowest BCUT2D eigenvalue weighted by Crippen LogP contribution is -2.22. The number of H-pyrrole nitrogens is 2. The summed E-state index contributed by atoms with van der Waals surface area (Å²) in [6.45, 7) is 5.66. The van der Waals surface area contributed by atoms with Gasteiger partial charge in [0, 0.05) is 7.11 Å². The number of methoxy groups -OCH3 is 1. The van der Waals surface area contributed by atoms with Crippen LogP contribution in [0.15, 0.2) is 12.7 Å². The van der Waals surface area contributed by atoms with Crippen molar-refractivity contribution in [3.05, 3.63) is 30.0 Å². The van der Waals surface area contributed by atoms with Gasteiger partial charge in [-0.2, -0.15) is 27.4 Å². The van der Waals surface area contributed by atoms with Gasteiger partial charge in [-0.05, 0) is 46.5 Å². The average Bonchev–Trinajstić information content (AvgIpc) is 3.62. The van der Waals surface area contributed by atoms with Crippen LogP contribution in [0, 0.1) is 20.8 Å². The Morgan fingerprint density at radius 1 is 0.763 bits per heavy atom. The van der Waals surface area contributed by atoms with Gasteiger partial charge in [-0.1, -0.05) is 25.3 Å². The molecule has 14 heteroatoms. The molecule has 0 bridgehead atoms. The second-order valence-electron chi connectivity index (χ2n) is 9.12. The van der Waals surface area contributed by atoms with E-state index in [0.717, 1.165) is 53.7 Å². The first-order valence-electron chi connectivity index (χ1n) is 12.9. The highest BCUT2D eigenvalue weighted by Gasteiger charge is 2.18. The molecular formula is C24H34B3IN8O2. The van der Waals surface area contributed by atoms with Crippen molar-refractivity contribution in [1.82, 2.24) is 39.9 Å². The fraction of sp³-hybridized carbons (Fsp3) is 0.583. The van der Waals surface area contributed by atoms with Crippen molar-refractivity contribution in [1.29, 1.82) is 0 Å². The molecule has 0 saturated carbocycles. The average molecular weight is 626 g/mol. The van der Waals surface area contributed by atoms with Crippen LogP contribution in [0.25, 0.3) is 22.3 Å². The van der Waals surface area contributed by atoms with Crippen LogP contribution < -0.4 is 4.74 Å². The summed E-state index contributed by atoms with van der Waals surface area (Å²) in [7, 11) is 6.46. The molecule has 0 aliphatic carbocycles. The molecule has 2 aliphatic rings. The highest BCUT2D eigenvalue weighted by molar-refractivity contribution is 14.1. The molecule has 10 nitrogen and oxygen atoms in total. The number of halogens is 1. The Kier molecular flexibility index (Phi) is 12.8. The van der Waals surface area contributed by atoms with Crippen molar-refractivity contribution >= 4 is 65.0 Å². The highest BCUT2D eigenvalue weighted by atomic mass is 127. The van der Waals surface area contributed by atoms with Gasteiger partial charge in [0.25, 0.3) is 0 Å². The van der Waals surface area contributed by atoms with Gasteiger partial charge in [-0.15, -0.1) is 0 Å². The van der Waals surface area contributed by atoms with E-state index in [1.165, 1.54) is 25.5 Å². The lowest BCUT2D eigenvalue weighted by atomic mass is 9.63. The van der Waals surface area contributed by atoms with E-state index in [0.29, 0.717) is 23.5 Å². The van der Waals surface area contributed by atoms with Crippen LogP contribution >= 0.6 is 22.4 Å². The van der Waals surface area contributed by atoms with Crippen LogP contribution in [0.5, 0.6) is 5.88 Å².